The van der Waals surface area contributed by atoms with E-state index in [2.05, 4.69) is 4.74 Å². The van der Waals surface area contributed by atoms with Crippen LogP contribution in [0, 0.1) is 13.8 Å². The molecule has 0 fully saturated rings. The Hall–Kier alpha value is -2.88. The SMILES string of the molecule is COC(=O)c1ccc(/C=C(\C(=O)O)c2ccc(C)c(C)c2)cc1. The molecular formula is C19H18O4. The van der Waals surface area contributed by atoms with Gasteiger partial charge in [-0.05, 0) is 54.3 Å². The lowest BCUT2D eigenvalue weighted by Crippen LogP contribution is -2.01. The van der Waals surface area contributed by atoms with Crippen LogP contribution in [-0.4, -0.2) is 24.2 Å². The molecule has 0 saturated carbocycles. The topological polar surface area (TPSA) is 63.6 Å². The predicted octanol–water partition coefficient (Wildman–Crippen LogP) is 3.72. The van der Waals surface area contributed by atoms with E-state index in [0.717, 1.165) is 11.1 Å². The Morgan fingerprint density at radius 1 is 0.957 bits per heavy atom. The Labute approximate surface area is 135 Å². The van der Waals surface area contributed by atoms with Gasteiger partial charge in [-0.3, -0.25) is 0 Å². The molecule has 4 heteroatoms. The number of methoxy groups -OCH3 is 1. The highest BCUT2D eigenvalue weighted by Gasteiger charge is 2.12. The van der Waals surface area contributed by atoms with Crippen molar-refractivity contribution in [3.63, 3.8) is 0 Å². The zero-order chi connectivity index (χ0) is 17.0. The third kappa shape index (κ3) is 3.86. The first-order valence-electron chi connectivity index (χ1n) is 7.13. The first-order valence-corrected chi connectivity index (χ1v) is 7.13. The van der Waals surface area contributed by atoms with E-state index >= 15 is 0 Å². The largest absolute Gasteiger partial charge is 0.478 e. The van der Waals surface area contributed by atoms with Crippen LogP contribution in [0.2, 0.25) is 0 Å². The van der Waals surface area contributed by atoms with Crippen molar-refractivity contribution >= 4 is 23.6 Å². The van der Waals surface area contributed by atoms with Gasteiger partial charge in [0.15, 0.2) is 0 Å². The third-order valence-corrected chi connectivity index (χ3v) is 3.69. The monoisotopic (exact) mass is 310 g/mol. The van der Waals surface area contributed by atoms with Crippen LogP contribution in [0.5, 0.6) is 0 Å². The number of benzene rings is 2. The molecule has 4 nitrogen and oxygen atoms in total. The van der Waals surface area contributed by atoms with Crippen LogP contribution < -0.4 is 0 Å². The van der Waals surface area contributed by atoms with E-state index in [1.54, 1.807) is 36.4 Å². The van der Waals surface area contributed by atoms with Gasteiger partial charge in [-0.15, -0.1) is 0 Å². The average molecular weight is 310 g/mol. The van der Waals surface area contributed by atoms with Crippen molar-refractivity contribution in [2.75, 3.05) is 7.11 Å². The number of carbonyl (C=O) groups excluding carboxylic acids is 1. The Balaban J connectivity index is 2.41. The molecule has 0 radical (unpaired) electrons. The lowest BCUT2D eigenvalue weighted by atomic mass is 9.98. The van der Waals surface area contributed by atoms with E-state index < -0.39 is 11.9 Å². The molecule has 0 aromatic heterocycles. The smallest absolute Gasteiger partial charge is 0.337 e. The van der Waals surface area contributed by atoms with Crippen molar-refractivity contribution in [1.82, 2.24) is 0 Å². The molecule has 2 aromatic rings. The molecule has 0 bridgehead atoms. The normalized spacial score (nSPS) is 11.2. The second-order valence-electron chi connectivity index (χ2n) is 5.28. The van der Waals surface area contributed by atoms with Gasteiger partial charge in [0, 0.05) is 0 Å². The zero-order valence-electron chi connectivity index (χ0n) is 13.3. The highest BCUT2D eigenvalue weighted by atomic mass is 16.5. The maximum atomic E-state index is 11.6. The minimum atomic E-state index is -0.995. The molecule has 0 aliphatic heterocycles. The standard InChI is InChI=1S/C19H18O4/c1-12-4-7-16(10-13(12)2)17(18(20)21)11-14-5-8-15(9-6-14)19(22)23-3/h4-11H,1-3H3,(H,20,21)/b17-11-. The summed E-state index contributed by atoms with van der Waals surface area (Å²) in [6.07, 6.45) is 1.59. The number of carboxylic acids is 1. The summed E-state index contributed by atoms with van der Waals surface area (Å²) in [5.74, 6) is -1.42. The highest BCUT2D eigenvalue weighted by Crippen LogP contribution is 2.21. The summed E-state index contributed by atoms with van der Waals surface area (Å²) < 4.78 is 4.64. The van der Waals surface area contributed by atoms with Gasteiger partial charge in [0.2, 0.25) is 0 Å². The Morgan fingerprint density at radius 3 is 2.09 bits per heavy atom. The van der Waals surface area contributed by atoms with Crippen molar-refractivity contribution < 1.29 is 19.4 Å². The van der Waals surface area contributed by atoms with Gasteiger partial charge in [-0.1, -0.05) is 30.3 Å². The maximum absolute atomic E-state index is 11.6. The van der Waals surface area contributed by atoms with Gasteiger partial charge in [-0.25, -0.2) is 9.59 Å². The molecule has 0 saturated heterocycles. The Bertz CT molecular complexity index is 770. The van der Waals surface area contributed by atoms with Gasteiger partial charge in [0.1, 0.15) is 0 Å². The number of carboxylic acid groups (broad SMARTS) is 1. The summed E-state index contributed by atoms with van der Waals surface area (Å²) in [7, 11) is 1.32. The van der Waals surface area contributed by atoms with Crippen molar-refractivity contribution in [2.45, 2.75) is 13.8 Å². The van der Waals surface area contributed by atoms with E-state index in [1.807, 2.05) is 26.0 Å². The van der Waals surface area contributed by atoms with E-state index in [9.17, 15) is 14.7 Å². The van der Waals surface area contributed by atoms with Gasteiger partial charge < -0.3 is 9.84 Å². The van der Waals surface area contributed by atoms with Crippen molar-refractivity contribution in [3.05, 3.63) is 70.3 Å². The molecule has 0 spiro atoms. The van der Waals surface area contributed by atoms with Crippen LogP contribution in [0.15, 0.2) is 42.5 Å². The molecule has 23 heavy (non-hydrogen) atoms. The number of hydrogen-bond donors (Lipinski definition) is 1. The lowest BCUT2D eigenvalue weighted by molar-refractivity contribution is -0.130. The summed E-state index contributed by atoms with van der Waals surface area (Å²) in [6, 6.07) is 12.2. The van der Waals surface area contributed by atoms with Crippen LogP contribution in [0.25, 0.3) is 11.6 Å². The molecule has 1 N–H and O–H groups in total. The van der Waals surface area contributed by atoms with Gasteiger partial charge in [-0.2, -0.15) is 0 Å². The molecule has 0 amide bonds. The Kier molecular flexibility index (Phi) is 4.96. The quantitative estimate of drug-likeness (QED) is 0.531. The first kappa shape index (κ1) is 16.5. The number of esters is 1. The van der Waals surface area contributed by atoms with Gasteiger partial charge in [0.05, 0.1) is 18.2 Å². The van der Waals surface area contributed by atoms with E-state index in [1.165, 1.54) is 7.11 Å². The number of hydrogen-bond acceptors (Lipinski definition) is 3. The second kappa shape index (κ2) is 6.92. The average Bonchev–Trinajstić information content (AvgIpc) is 2.55. The van der Waals surface area contributed by atoms with Crippen LogP contribution in [0.4, 0.5) is 0 Å². The summed E-state index contributed by atoms with van der Waals surface area (Å²) >= 11 is 0. The molecule has 0 unspecified atom stereocenters. The van der Waals surface area contributed by atoms with Gasteiger partial charge >= 0.3 is 11.9 Å². The molecule has 0 atom stereocenters. The fourth-order valence-corrected chi connectivity index (χ4v) is 2.18. The zero-order valence-corrected chi connectivity index (χ0v) is 13.3. The Morgan fingerprint density at radius 2 is 1.57 bits per heavy atom. The minimum Gasteiger partial charge on any atom is -0.478 e. The number of carbonyl (C=O) groups is 2. The van der Waals surface area contributed by atoms with Crippen LogP contribution in [0.1, 0.15) is 32.6 Å². The molecule has 0 aliphatic rings. The minimum absolute atomic E-state index is 0.207. The van der Waals surface area contributed by atoms with E-state index in [0.29, 0.717) is 16.7 Å². The summed E-state index contributed by atoms with van der Waals surface area (Å²) in [5.41, 5.74) is 4.13. The first-order chi connectivity index (χ1) is 10.9. The fraction of sp³-hybridized carbons (Fsp3) is 0.158. The molecule has 2 aromatic carbocycles. The van der Waals surface area contributed by atoms with Gasteiger partial charge in [0.25, 0.3) is 0 Å². The van der Waals surface area contributed by atoms with Crippen LogP contribution in [-0.2, 0) is 9.53 Å². The van der Waals surface area contributed by atoms with E-state index in [4.69, 9.17) is 0 Å². The predicted molar refractivity (Wildman–Crippen MR) is 89.2 cm³/mol. The van der Waals surface area contributed by atoms with E-state index in [-0.39, 0.29) is 5.57 Å². The fourth-order valence-electron chi connectivity index (χ4n) is 2.18. The van der Waals surface area contributed by atoms with Crippen LogP contribution >= 0.6 is 0 Å². The summed E-state index contributed by atoms with van der Waals surface area (Å²) in [5, 5.41) is 9.49. The maximum Gasteiger partial charge on any atom is 0.337 e. The number of aryl methyl sites for hydroxylation is 2. The third-order valence-electron chi connectivity index (χ3n) is 3.69. The molecule has 2 rings (SSSR count). The number of rotatable bonds is 4. The second-order valence-corrected chi connectivity index (χ2v) is 5.28. The molecular weight excluding hydrogens is 292 g/mol. The number of aliphatic carboxylic acids is 1. The molecule has 118 valence electrons. The summed E-state index contributed by atoms with van der Waals surface area (Å²) in [6.45, 7) is 3.93. The number of ether oxygens (including phenoxy) is 1. The lowest BCUT2D eigenvalue weighted by Gasteiger charge is -2.07. The molecule has 0 aliphatic carbocycles. The summed E-state index contributed by atoms with van der Waals surface area (Å²) in [4.78, 5) is 23.0. The van der Waals surface area contributed by atoms with Crippen molar-refractivity contribution in [1.29, 1.82) is 0 Å². The van der Waals surface area contributed by atoms with Crippen molar-refractivity contribution in [2.24, 2.45) is 0 Å². The van der Waals surface area contributed by atoms with Crippen LogP contribution in [0.3, 0.4) is 0 Å². The molecule has 0 heterocycles. The van der Waals surface area contributed by atoms with Crippen molar-refractivity contribution in [3.8, 4) is 0 Å². The highest BCUT2D eigenvalue weighted by molar-refractivity contribution is 6.20.